The van der Waals surface area contributed by atoms with E-state index in [1.165, 1.54) is 23.6 Å². The molecular weight excluding hydrogens is 258 g/mol. The topological polar surface area (TPSA) is 37.8 Å². The summed E-state index contributed by atoms with van der Waals surface area (Å²) in [4.78, 5) is 9.47. The van der Waals surface area contributed by atoms with E-state index < -0.39 is 0 Å². The number of benzene rings is 2. The van der Waals surface area contributed by atoms with Crippen molar-refractivity contribution in [3.8, 4) is 11.4 Å². The summed E-state index contributed by atoms with van der Waals surface area (Å²) in [6.07, 6.45) is 2.49. The van der Waals surface area contributed by atoms with E-state index in [-0.39, 0.29) is 0 Å². The lowest BCUT2D eigenvalue weighted by atomic mass is 10.0. The molecule has 0 unspecified atom stereocenters. The van der Waals surface area contributed by atoms with Crippen molar-refractivity contribution in [1.82, 2.24) is 9.97 Å². The molecule has 21 heavy (non-hydrogen) atoms. The van der Waals surface area contributed by atoms with Crippen molar-refractivity contribution >= 4 is 16.6 Å². The molecule has 0 spiro atoms. The van der Waals surface area contributed by atoms with Crippen molar-refractivity contribution in [3.05, 3.63) is 54.2 Å². The Morgan fingerprint density at radius 3 is 2.62 bits per heavy atom. The largest absolute Gasteiger partial charge is 0.373 e. The van der Waals surface area contributed by atoms with Gasteiger partial charge in [-0.25, -0.2) is 9.97 Å². The molecule has 0 radical (unpaired) electrons. The summed E-state index contributed by atoms with van der Waals surface area (Å²) in [5.41, 5.74) is 2.27. The van der Waals surface area contributed by atoms with Gasteiger partial charge in [0.15, 0.2) is 5.82 Å². The Labute approximate surface area is 124 Å². The van der Waals surface area contributed by atoms with Crippen molar-refractivity contribution < 1.29 is 0 Å². The molecule has 0 bridgehead atoms. The van der Waals surface area contributed by atoms with E-state index in [9.17, 15) is 0 Å². The normalized spacial score (nSPS) is 14.3. The van der Waals surface area contributed by atoms with Crippen LogP contribution in [0.4, 0.5) is 5.82 Å². The van der Waals surface area contributed by atoms with Crippen LogP contribution in [0.2, 0.25) is 0 Å². The fourth-order valence-electron chi connectivity index (χ4n) is 2.72. The SMILES string of the molecule is CNc1cc(C2CC2)nc(-c2cccc3ccccc23)n1. The summed E-state index contributed by atoms with van der Waals surface area (Å²) in [6, 6.07) is 16.8. The maximum atomic E-state index is 4.81. The highest BCUT2D eigenvalue weighted by molar-refractivity contribution is 5.95. The van der Waals surface area contributed by atoms with Gasteiger partial charge in [0.05, 0.1) is 0 Å². The third-order valence-corrected chi connectivity index (χ3v) is 4.03. The Bertz CT molecular complexity index is 801. The van der Waals surface area contributed by atoms with E-state index in [0.29, 0.717) is 5.92 Å². The van der Waals surface area contributed by atoms with Crippen LogP contribution in [-0.2, 0) is 0 Å². The molecule has 3 nitrogen and oxygen atoms in total. The lowest BCUT2D eigenvalue weighted by molar-refractivity contribution is 0.996. The highest BCUT2D eigenvalue weighted by atomic mass is 15.0. The molecule has 0 aliphatic heterocycles. The van der Waals surface area contributed by atoms with Crippen molar-refractivity contribution in [1.29, 1.82) is 0 Å². The van der Waals surface area contributed by atoms with Gasteiger partial charge in [0.25, 0.3) is 0 Å². The van der Waals surface area contributed by atoms with Gasteiger partial charge in [-0.3, -0.25) is 0 Å². The van der Waals surface area contributed by atoms with Crippen LogP contribution in [0.5, 0.6) is 0 Å². The molecule has 4 rings (SSSR count). The highest BCUT2D eigenvalue weighted by Crippen LogP contribution is 2.40. The predicted molar refractivity (Wildman–Crippen MR) is 86.5 cm³/mol. The van der Waals surface area contributed by atoms with Gasteiger partial charge in [-0.15, -0.1) is 0 Å². The van der Waals surface area contributed by atoms with Gasteiger partial charge in [-0.05, 0) is 23.6 Å². The van der Waals surface area contributed by atoms with Crippen LogP contribution in [0.15, 0.2) is 48.5 Å². The maximum Gasteiger partial charge on any atom is 0.162 e. The first-order chi connectivity index (χ1) is 10.3. The van der Waals surface area contributed by atoms with Crippen LogP contribution >= 0.6 is 0 Å². The number of anilines is 1. The van der Waals surface area contributed by atoms with E-state index in [1.54, 1.807) is 0 Å². The second-order valence-electron chi connectivity index (χ2n) is 5.55. The van der Waals surface area contributed by atoms with E-state index in [1.807, 2.05) is 7.05 Å². The molecular formula is C18H17N3. The summed E-state index contributed by atoms with van der Waals surface area (Å²) in [7, 11) is 1.91. The molecule has 1 saturated carbocycles. The first-order valence-corrected chi connectivity index (χ1v) is 7.40. The first-order valence-electron chi connectivity index (χ1n) is 7.40. The van der Waals surface area contributed by atoms with Crippen LogP contribution in [0.3, 0.4) is 0 Å². The zero-order valence-electron chi connectivity index (χ0n) is 12.0. The molecule has 1 heterocycles. The van der Waals surface area contributed by atoms with Crippen LogP contribution in [-0.4, -0.2) is 17.0 Å². The van der Waals surface area contributed by atoms with Gasteiger partial charge in [0.1, 0.15) is 5.82 Å². The Balaban J connectivity index is 1.93. The number of hydrogen-bond acceptors (Lipinski definition) is 3. The Morgan fingerprint density at radius 1 is 1.00 bits per heavy atom. The number of fused-ring (bicyclic) bond motifs is 1. The van der Waals surface area contributed by atoms with Gasteiger partial charge in [-0.1, -0.05) is 42.5 Å². The third kappa shape index (κ3) is 2.25. The van der Waals surface area contributed by atoms with Crippen molar-refractivity contribution in [2.45, 2.75) is 18.8 Å². The average molecular weight is 275 g/mol. The minimum atomic E-state index is 0.619. The average Bonchev–Trinajstić information content (AvgIpc) is 3.39. The van der Waals surface area contributed by atoms with Gasteiger partial charge in [-0.2, -0.15) is 0 Å². The smallest absolute Gasteiger partial charge is 0.162 e. The number of rotatable bonds is 3. The maximum absolute atomic E-state index is 4.81. The standard InChI is InChI=1S/C18H17N3/c1-19-17-11-16(13-9-10-13)20-18(21-17)15-8-4-6-12-5-2-3-7-14(12)15/h2-8,11,13H,9-10H2,1H3,(H,19,20,21). The minimum absolute atomic E-state index is 0.619. The summed E-state index contributed by atoms with van der Waals surface area (Å²) in [5, 5.41) is 5.58. The fraction of sp³-hybridized carbons (Fsp3) is 0.222. The second-order valence-corrected chi connectivity index (χ2v) is 5.55. The molecule has 0 atom stereocenters. The van der Waals surface area contributed by atoms with Crippen molar-refractivity contribution in [2.24, 2.45) is 0 Å². The number of nitrogens with zero attached hydrogens (tertiary/aromatic N) is 2. The molecule has 2 aromatic carbocycles. The third-order valence-electron chi connectivity index (χ3n) is 4.03. The molecule has 0 saturated heterocycles. The Kier molecular flexibility index (Phi) is 2.85. The quantitative estimate of drug-likeness (QED) is 0.778. The molecule has 1 aliphatic carbocycles. The summed E-state index contributed by atoms with van der Waals surface area (Å²) in [6.45, 7) is 0. The van der Waals surface area contributed by atoms with E-state index in [4.69, 9.17) is 4.98 Å². The molecule has 1 aromatic heterocycles. The number of nitrogens with one attached hydrogen (secondary N) is 1. The Morgan fingerprint density at radius 2 is 1.81 bits per heavy atom. The Hall–Kier alpha value is -2.42. The molecule has 104 valence electrons. The van der Waals surface area contributed by atoms with E-state index in [0.717, 1.165) is 22.9 Å². The van der Waals surface area contributed by atoms with E-state index in [2.05, 4.69) is 58.8 Å². The minimum Gasteiger partial charge on any atom is -0.373 e. The summed E-state index contributed by atoms with van der Waals surface area (Å²) in [5.74, 6) is 2.34. The van der Waals surface area contributed by atoms with Crippen LogP contribution in [0.25, 0.3) is 22.2 Å². The van der Waals surface area contributed by atoms with Gasteiger partial charge in [0.2, 0.25) is 0 Å². The zero-order valence-corrected chi connectivity index (χ0v) is 12.0. The molecule has 3 aromatic rings. The van der Waals surface area contributed by atoms with Gasteiger partial charge < -0.3 is 5.32 Å². The lowest BCUT2D eigenvalue weighted by Crippen LogP contribution is -2.00. The van der Waals surface area contributed by atoms with Crippen LogP contribution < -0.4 is 5.32 Å². The van der Waals surface area contributed by atoms with Gasteiger partial charge >= 0.3 is 0 Å². The molecule has 1 aliphatic rings. The number of aromatic nitrogens is 2. The van der Waals surface area contributed by atoms with Crippen LogP contribution in [0, 0.1) is 0 Å². The van der Waals surface area contributed by atoms with Crippen LogP contribution in [0.1, 0.15) is 24.5 Å². The predicted octanol–water partition coefficient (Wildman–Crippen LogP) is 4.22. The van der Waals surface area contributed by atoms with Crippen molar-refractivity contribution in [3.63, 3.8) is 0 Å². The monoisotopic (exact) mass is 275 g/mol. The molecule has 1 N–H and O–H groups in total. The highest BCUT2D eigenvalue weighted by Gasteiger charge is 2.26. The molecule has 0 amide bonds. The van der Waals surface area contributed by atoms with Crippen molar-refractivity contribution in [2.75, 3.05) is 12.4 Å². The molecule has 3 heteroatoms. The lowest BCUT2D eigenvalue weighted by Gasteiger charge is -2.09. The summed E-state index contributed by atoms with van der Waals surface area (Å²) >= 11 is 0. The summed E-state index contributed by atoms with van der Waals surface area (Å²) < 4.78 is 0. The number of hydrogen-bond donors (Lipinski definition) is 1. The van der Waals surface area contributed by atoms with E-state index >= 15 is 0 Å². The fourth-order valence-corrected chi connectivity index (χ4v) is 2.72. The zero-order chi connectivity index (χ0) is 14.2. The molecule has 1 fully saturated rings. The van der Waals surface area contributed by atoms with Gasteiger partial charge in [0, 0.05) is 30.3 Å². The second kappa shape index (κ2) is 4.85. The first kappa shape index (κ1) is 12.3.